The third-order valence-corrected chi connectivity index (χ3v) is 4.41. The van der Waals surface area contributed by atoms with Gasteiger partial charge in [0.1, 0.15) is 0 Å². The van der Waals surface area contributed by atoms with Gasteiger partial charge in [-0.05, 0) is 50.4 Å². The Morgan fingerprint density at radius 3 is 2.62 bits per heavy atom. The van der Waals surface area contributed by atoms with Crippen molar-refractivity contribution in [1.29, 1.82) is 0 Å². The summed E-state index contributed by atoms with van der Waals surface area (Å²) >= 11 is 1.78. The minimum absolute atomic E-state index is 0.755. The van der Waals surface area contributed by atoms with Crippen LogP contribution in [0.4, 0.5) is 0 Å². The molecule has 21 heavy (non-hydrogen) atoms. The van der Waals surface area contributed by atoms with Gasteiger partial charge in [-0.2, -0.15) is 0 Å². The fourth-order valence-electron chi connectivity index (χ4n) is 2.14. The van der Waals surface area contributed by atoms with Gasteiger partial charge >= 0.3 is 0 Å². The molecule has 1 aromatic rings. The van der Waals surface area contributed by atoms with Gasteiger partial charge in [0.05, 0.1) is 6.54 Å². The van der Waals surface area contributed by atoms with Crippen LogP contribution in [0.2, 0.25) is 0 Å². The van der Waals surface area contributed by atoms with E-state index in [0.717, 1.165) is 38.7 Å². The van der Waals surface area contributed by atoms with Gasteiger partial charge < -0.3 is 15.5 Å². The van der Waals surface area contributed by atoms with Gasteiger partial charge in [-0.3, -0.25) is 0 Å². The Bertz CT molecular complexity index is 414. The van der Waals surface area contributed by atoms with E-state index in [1.807, 2.05) is 0 Å². The first-order valence-corrected chi connectivity index (χ1v) is 8.86. The summed E-state index contributed by atoms with van der Waals surface area (Å²) in [5.41, 5.74) is 1.33. The molecule has 120 valence electrons. The molecule has 0 fully saturated rings. The molecular formula is C16H30N4S. The highest BCUT2D eigenvalue weighted by Crippen LogP contribution is 2.16. The highest BCUT2D eigenvalue weighted by atomic mass is 32.1. The molecular weight excluding hydrogens is 280 g/mol. The van der Waals surface area contributed by atoms with Crippen LogP contribution in [0.5, 0.6) is 0 Å². The molecule has 2 N–H and O–H groups in total. The zero-order valence-electron chi connectivity index (χ0n) is 13.9. The average molecular weight is 311 g/mol. The second-order valence-electron chi connectivity index (χ2n) is 5.08. The predicted molar refractivity (Wildman–Crippen MR) is 94.3 cm³/mol. The van der Waals surface area contributed by atoms with Crippen molar-refractivity contribution in [3.8, 4) is 0 Å². The van der Waals surface area contributed by atoms with E-state index in [-0.39, 0.29) is 0 Å². The number of nitrogens with one attached hydrogen (secondary N) is 2. The normalized spacial score (nSPS) is 12.0. The molecule has 0 aliphatic heterocycles. The summed E-state index contributed by atoms with van der Waals surface area (Å²) in [5, 5.41) is 8.87. The lowest BCUT2D eigenvalue weighted by Crippen LogP contribution is -2.41. The molecule has 0 spiro atoms. The van der Waals surface area contributed by atoms with Crippen LogP contribution in [-0.2, 0) is 6.54 Å². The summed E-state index contributed by atoms with van der Waals surface area (Å²) in [5.74, 6) is 0.915. The number of aliphatic imine (C=N–C) groups is 1. The number of rotatable bonds is 9. The molecule has 0 radical (unpaired) electrons. The minimum Gasteiger partial charge on any atom is -0.357 e. The van der Waals surface area contributed by atoms with Gasteiger partial charge in [-0.25, -0.2) is 4.99 Å². The predicted octanol–water partition coefficient (Wildman–Crippen LogP) is 2.84. The maximum Gasteiger partial charge on any atom is 0.191 e. The summed E-state index contributed by atoms with van der Waals surface area (Å²) < 4.78 is 0. The van der Waals surface area contributed by atoms with Crippen molar-refractivity contribution in [3.63, 3.8) is 0 Å². The highest BCUT2D eigenvalue weighted by molar-refractivity contribution is 7.10. The third kappa shape index (κ3) is 6.96. The van der Waals surface area contributed by atoms with Crippen molar-refractivity contribution >= 4 is 17.3 Å². The van der Waals surface area contributed by atoms with Crippen LogP contribution in [-0.4, -0.2) is 43.6 Å². The summed E-state index contributed by atoms with van der Waals surface area (Å²) in [6.07, 6.45) is 1.21. The molecule has 0 amide bonds. The Balaban J connectivity index is 2.43. The Hall–Kier alpha value is -1.07. The third-order valence-electron chi connectivity index (χ3n) is 3.40. The van der Waals surface area contributed by atoms with E-state index < -0.39 is 0 Å². The molecule has 0 atom stereocenters. The van der Waals surface area contributed by atoms with Gasteiger partial charge in [-0.1, -0.05) is 13.8 Å². The molecule has 0 aliphatic rings. The Labute approximate surface area is 133 Å². The van der Waals surface area contributed by atoms with Gasteiger partial charge in [-0.15, -0.1) is 11.3 Å². The Morgan fingerprint density at radius 2 is 2.05 bits per heavy atom. The average Bonchev–Trinajstić information content (AvgIpc) is 2.89. The van der Waals surface area contributed by atoms with Crippen molar-refractivity contribution in [2.45, 2.75) is 40.7 Å². The van der Waals surface area contributed by atoms with Crippen LogP contribution < -0.4 is 10.6 Å². The first-order chi connectivity index (χ1) is 10.2. The maximum absolute atomic E-state index is 4.67. The molecule has 5 heteroatoms. The molecule has 1 rings (SSSR count). The van der Waals surface area contributed by atoms with E-state index in [9.17, 15) is 0 Å². The maximum atomic E-state index is 4.67. The van der Waals surface area contributed by atoms with E-state index >= 15 is 0 Å². The molecule has 4 nitrogen and oxygen atoms in total. The van der Waals surface area contributed by atoms with Crippen molar-refractivity contribution in [2.75, 3.05) is 32.7 Å². The summed E-state index contributed by atoms with van der Waals surface area (Å²) in [6.45, 7) is 14.6. The lowest BCUT2D eigenvalue weighted by molar-refractivity contribution is 0.293. The van der Waals surface area contributed by atoms with Crippen molar-refractivity contribution in [3.05, 3.63) is 21.9 Å². The van der Waals surface area contributed by atoms with Crippen molar-refractivity contribution in [2.24, 2.45) is 4.99 Å². The number of aryl methyl sites for hydroxylation is 1. The van der Waals surface area contributed by atoms with Crippen LogP contribution in [0.25, 0.3) is 0 Å². The van der Waals surface area contributed by atoms with Crippen LogP contribution >= 0.6 is 11.3 Å². The van der Waals surface area contributed by atoms with Crippen LogP contribution in [0.1, 0.15) is 37.6 Å². The second kappa shape index (κ2) is 10.6. The molecule has 1 heterocycles. The van der Waals surface area contributed by atoms with E-state index in [1.54, 1.807) is 11.3 Å². The summed E-state index contributed by atoms with van der Waals surface area (Å²) in [6, 6.07) is 2.15. The topological polar surface area (TPSA) is 39.7 Å². The monoisotopic (exact) mass is 310 g/mol. The van der Waals surface area contributed by atoms with Gasteiger partial charge in [0.2, 0.25) is 0 Å². The van der Waals surface area contributed by atoms with E-state index in [0.29, 0.717) is 0 Å². The molecule has 1 aromatic heterocycles. The smallest absolute Gasteiger partial charge is 0.191 e. The first-order valence-electron chi connectivity index (χ1n) is 7.98. The van der Waals surface area contributed by atoms with Crippen LogP contribution in [0.3, 0.4) is 0 Å². The number of hydrogen-bond acceptors (Lipinski definition) is 3. The molecule has 0 aliphatic carbocycles. The van der Waals surface area contributed by atoms with Gasteiger partial charge in [0.25, 0.3) is 0 Å². The molecule has 0 bridgehead atoms. The highest BCUT2D eigenvalue weighted by Gasteiger charge is 2.03. The lowest BCUT2D eigenvalue weighted by atomic mass is 10.3. The second-order valence-corrected chi connectivity index (χ2v) is 6.08. The lowest BCUT2D eigenvalue weighted by Gasteiger charge is -2.20. The van der Waals surface area contributed by atoms with Gasteiger partial charge in [0, 0.05) is 24.5 Å². The first kappa shape index (κ1) is 18.0. The van der Waals surface area contributed by atoms with Crippen LogP contribution in [0, 0.1) is 6.92 Å². The molecule has 0 aromatic carbocycles. The van der Waals surface area contributed by atoms with E-state index in [2.05, 4.69) is 59.7 Å². The number of nitrogens with zero attached hydrogens (tertiary/aromatic N) is 2. The standard InChI is InChI=1S/C16H30N4S/c1-5-10-20(7-3)11-9-18-16(17-6-2)19-13-15-14(4)8-12-21-15/h8,12H,5-7,9-11,13H2,1-4H3,(H2,17,18,19). The quantitative estimate of drug-likeness (QED) is 0.544. The fraction of sp³-hybridized carbons (Fsp3) is 0.688. The largest absolute Gasteiger partial charge is 0.357 e. The van der Waals surface area contributed by atoms with E-state index in [1.165, 1.54) is 23.4 Å². The van der Waals surface area contributed by atoms with E-state index in [4.69, 9.17) is 0 Å². The molecule has 0 unspecified atom stereocenters. The summed E-state index contributed by atoms with van der Waals surface area (Å²) in [7, 11) is 0. The van der Waals surface area contributed by atoms with Crippen LogP contribution in [0.15, 0.2) is 16.4 Å². The van der Waals surface area contributed by atoms with Gasteiger partial charge in [0.15, 0.2) is 5.96 Å². The Kier molecular flexibility index (Phi) is 9.10. The number of thiophene rings is 1. The molecule has 0 saturated heterocycles. The SMILES string of the molecule is CCCN(CC)CCNC(=NCc1sccc1C)NCC. The van der Waals surface area contributed by atoms with Crippen molar-refractivity contribution < 1.29 is 0 Å². The van der Waals surface area contributed by atoms with Crippen molar-refractivity contribution in [1.82, 2.24) is 15.5 Å². The number of hydrogen-bond donors (Lipinski definition) is 2. The zero-order chi connectivity index (χ0) is 15.5. The summed E-state index contributed by atoms with van der Waals surface area (Å²) in [4.78, 5) is 8.47. The number of likely N-dealkylation sites (N-methyl/N-ethyl adjacent to an activating group) is 1. The Morgan fingerprint density at radius 1 is 1.24 bits per heavy atom. The fourth-order valence-corrected chi connectivity index (χ4v) is 2.96. The number of guanidine groups is 1. The molecule has 0 saturated carbocycles. The zero-order valence-corrected chi connectivity index (χ0v) is 14.7. The minimum atomic E-state index is 0.755.